The lowest BCUT2D eigenvalue weighted by molar-refractivity contribution is -0.122. The second-order valence-corrected chi connectivity index (χ2v) is 8.67. The number of amides is 2. The van der Waals surface area contributed by atoms with Crippen LogP contribution in [0.4, 0.5) is 17.1 Å². The molecule has 2 heterocycles. The summed E-state index contributed by atoms with van der Waals surface area (Å²) < 4.78 is 0. The normalized spacial score (nSPS) is 19.7. The summed E-state index contributed by atoms with van der Waals surface area (Å²) in [5, 5.41) is 3.07. The third-order valence-electron chi connectivity index (χ3n) is 6.50. The lowest BCUT2D eigenvalue weighted by Crippen LogP contribution is -2.44. The average molecular weight is 421 g/mol. The molecule has 1 atom stereocenters. The summed E-state index contributed by atoms with van der Waals surface area (Å²) in [6.07, 6.45) is 1.11. The fourth-order valence-corrected chi connectivity index (χ4v) is 4.47. The van der Waals surface area contributed by atoms with Gasteiger partial charge in [-0.3, -0.25) is 9.59 Å². The summed E-state index contributed by atoms with van der Waals surface area (Å²) in [6.45, 7) is 8.69. The van der Waals surface area contributed by atoms with Crippen LogP contribution in [-0.4, -0.2) is 56.5 Å². The summed E-state index contributed by atoms with van der Waals surface area (Å²) in [6, 6.07) is 14.2. The Morgan fingerprint density at radius 2 is 1.84 bits per heavy atom. The number of likely N-dealkylation sites (N-methyl/N-ethyl adjacent to an activating group) is 1. The smallest absolute Gasteiger partial charge is 0.229 e. The van der Waals surface area contributed by atoms with Gasteiger partial charge in [-0.2, -0.15) is 0 Å². The van der Waals surface area contributed by atoms with Crippen LogP contribution in [0.2, 0.25) is 0 Å². The predicted octanol–water partition coefficient (Wildman–Crippen LogP) is 3.30. The minimum absolute atomic E-state index is 0.0168. The number of hydrogen-bond donors (Lipinski definition) is 1. The van der Waals surface area contributed by atoms with E-state index in [0.717, 1.165) is 55.1 Å². The van der Waals surface area contributed by atoms with E-state index >= 15 is 0 Å². The number of hydrogen-bond acceptors (Lipinski definition) is 4. The molecule has 0 unspecified atom stereocenters. The molecule has 6 heteroatoms. The van der Waals surface area contributed by atoms with E-state index in [9.17, 15) is 9.59 Å². The van der Waals surface area contributed by atoms with E-state index in [4.69, 9.17) is 0 Å². The van der Waals surface area contributed by atoms with E-state index in [0.29, 0.717) is 6.54 Å². The second-order valence-electron chi connectivity index (χ2n) is 8.67. The van der Waals surface area contributed by atoms with Crippen LogP contribution in [0, 0.1) is 12.8 Å². The number of nitrogens with zero attached hydrogens (tertiary/aromatic N) is 3. The molecule has 0 saturated carbocycles. The van der Waals surface area contributed by atoms with E-state index < -0.39 is 0 Å². The molecule has 2 aliphatic rings. The minimum atomic E-state index is -0.339. The Bertz CT molecular complexity index is 966. The fraction of sp³-hybridized carbons (Fsp3) is 0.440. The number of rotatable bonds is 5. The van der Waals surface area contributed by atoms with Gasteiger partial charge >= 0.3 is 0 Å². The maximum absolute atomic E-state index is 13.0. The van der Waals surface area contributed by atoms with Crippen molar-refractivity contribution in [2.75, 3.05) is 54.9 Å². The predicted molar refractivity (Wildman–Crippen MR) is 126 cm³/mol. The molecule has 0 aromatic heterocycles. The van der Waals surface area contributed by atoms with Crippen LogP contribution in [0.15, 0.2) is 42.5 Å². The highest BCUT2D eigenvalue weighted by Gasteiger charge is 2.36. The van der Waals surface area contributed by atoms with Gasteiger partial charge in [0.2, 0.25) is 11.8 Å². The summed E-state index contributed by atoms with van der Waals surface area (Å²) in [5.41, 5.74) is 5.12. The molecule has 1 N–H and O–H groups in total. The Hall–Kier alpha value is -2.86. The van der Waals surface area contributed by atoms with Crippen molar-refractivity contribution in [3.05, 3.63) is 53.6 Å². The van der Waals surface area contributed by atoms with Gasteiger partial charge < -0.3 is 20.0 Å². The third kappa shape index (κ3) is 4.59. The standard InChI is InChI=1S/C25H32N4O2/c1-4-19-7-5-6-8-23(19)29-17-20(16-24(29)30)25(31)26-22-10-9-21(15-18(22)2)28-13-11-27(3)12-14-28/h5-10,15,20H,4,11-14,16-17H2,1-3H3,(H,26,31)/t20-/m1/s1. The number of nitrogens with one attached hydrogen (secondary N) is 1. The van der Waals surface area contributed by atoms with Gasteiger partial charge in [0.25, 0.3) is 0 Å². The molecule has 0 spiro atoms. The van der Waals surface area contributed by atoms with Crippen LogP contribution >= 0.6 is 0 Å². The van der Waals surface area contributed by atoms with Crippen molar-refractivity contribution in [3.63, 3.8) is 0 Å². The van der Waals surface area contributed by atoms with E-state index in [2.05, 4.69) is 41.2 Å². The summed E-state index contributed by atoms with van der Waals surface area (Å²) in [5.74, 6) is -0.405. The molecule has 2 aromatic rings. The Morgan fingerprint density at radius 1 is 1.10 bits per heavy atom. The first-order valence-corrected chi connectivity index (χ1v) is 11.2. The number of piperazine rings is 1. The third-order valence-corrected chi connectivity index (χ3v) is 6.50. The molecule has 164 valence electrons. The molecular formula is C25H32N4O2. The van der Waals surface area contributed by atoms with E-state index in [1.165, 1.54) is 5.69 Å². The lowest BCUT2D eigenvalue weighted by Gasteiger charge is -2.34. The first-order valence-electron chi connectivity index (χ1n) is 11.2. The highest BCUT2D eigenvalue weighted by atomic mass is 16.2. The van der Waals surface area contributed by atoms with Crippen molar-refractivity contribution >= 4 is 28.9 Å². The molecule has 2 aliphatic heterocycles. The van der Waals surface area contributed by atoms with Gasteiger partial charge in [-0.15, -0.1) is 0 Å². The van der Waals surface area contributed by atoms with E-state index in [-0.39, 0.29) is 24.2 Å². The van der Waals surface area contributed by atoms with Crippen molar-refractivity contribution < 1.29 is 9.59 Å². The first kappa shape index (κ1) is 21.4. The fourth-order valence-electron chi connectivity index (χ4n) is 4.47. The number of carbonyl (C=O) groups is 2. The van der Waals surface area contributed by atoms with Crippen LogP contribution in [0.1, 0.15) is 24.5 Å². The molecule has 2 saturated heterocycles. The zero-order valence-corrected chi connectivity index (χ0v) is 18.7. The number of aryl methyl sites for hydroxylation is 2. The topological polar surface area (TPSA) is 55.9 Å². The summed E-state index contributed by atoms with van der Waals surface area (Å²) in [4.78, 5) is 32.1. The lowest BCUT2D eigenvalue weighted by atomic mass is 10.1. The Balaban J connectivity index is 1.42. The molecule has 0 aliphatic carbocycles. The van der Waals surface area contributed by atoms with E-state index in [1.54, 1.807) is 4.90 Å². The van der Waals surface area contributed by atoms with Crippen LogP contribution in [0.3, 0.4) is 0 Å². The van der Waals surface area contributed by atoms with Crippen molar-refractivity contribution in [2.24, 2.45) is 5.92 Å². The van der Waals surface area contributed by atoms with Crippen molar-refractivity contribution in [2.45, 2.75) is 26.7 Å². The van der Waals surface area contributed by atoms with Crippen LogP contribution < -0.4 is 15.1 Å². The van der Waals surface area contributed by atoms with Crippen LogP contribution in [0.25, 0.3) is 0 Å². The number of anilines is 3. The zero-order chi connectivity index (χ0) is 22.0. The molecule has 2 amide bonds. The first-order chi connectivity index (χ1) is 15.0. The minimum Gasteiger partial charge on any atom is -0.369 e. The zero-order valence-electron chi connectivity index (χ0n) is 18.7. The molecule has 31 heavy (non-hydrogen) atoms. The van der Waals surface area contributed by atoms with Gasteiger partial charge in [-0.05, 0) is 55.8 Å². The van der Waals surface area contributed by atoms with Gasteiger partial charge in [0.1, 0.15) is 0 Å². The average Bonchev–Trinajstić information content (AvgIpc) is 3.17. The molecule has 6 nitrogen and oxygen atoms in total. The van der Waals surface area contributed by atoms with Gasteiger partial charge in [0, 0.05) is 56.2 Å². The maximum atomic E-state index is 13.0. The van der Waals surface area contributed by atoms with Gasteiger partial charge in [-0.1, -0.05) is 25.1 Å². The Kier molecular flexibility index (Phi) is 6.28. The number of para-hydroxylation sites is 1. The van der Waals surface area contributed by atoms with Gasteiger partial charge in [-0.25, -0.2) is 0 Å². The SMILES string of the molecule is CCc1ccccc1N1C[C@H](C(=O)Nc2ccc(N3CCN(C)CC3)cc2C)CC1=O. The molecule has 0 radical (unpaired) electrons. The quantitative estimate of drug-likeness (QED) is 0.806. The second kappa shape index (κ2) is 9.10. The Labute approximate surface area is 184 Å². The highest BCUT2D eigenvalue weighted by molar-refractivity contribution is 6.04. The molecule has 2 aromatic carbocycles. The Morgan fingerprint density at radius 3 is 2.55 bits per heavy atom. The molecular weight excluding hydrogens is 388 g/mol. The van der Waals surface area contributed by atoms with Crippen molar-refractivity contribution in [1.29, 1.82) is 0 Å². The van der Waals surface area contributed by atoms with Crippen LogP contribution in [-0.2, 0) is 16.0 Å². The van der Waals surface area contributed by atoms with Crippen molar-refractivity contribution in [1.82, 2.24) is 4.90 Å². The van der Waals surface area contributed by atoms with Gasteiger partial charge in [0.05, 0.1) is 5.92 Å². The molecule has 0 bridgehead atoms. The van der Waals surface area contributed by atoms with E-state index in [1.807, 2.05) is 37.3 Å². The molecule has 2 fully saturated rings. The molecule has 4 rings (SSSR count). The monoisotopic (exact) mass is 420 g/mol. The van der Waals surface area contributed by atoms with Crippen LogP contribution in [0.5, 0.6) is 0 Å². The number of benzene rings is 2. The summed E-state index contributed by atoms with van der Waals surface area (Å²) >= 11 is 0. The highest BCUT2D eigenvalue weighted by Crippen LogP contribution is 2.30. The number of carbonyl (C=O) groups excluding carboxylic acids is 2. The van der Waals surface area contributed by atoms with Crippen molar-refractivity contribution in [3.8, 4) is 0 Å². The summed E-state index contributed by atoms with van der Waals surface area (Å²) in [7, 11) is 2.15. The largest absolute Gasteiger partial charge is 0.369 e. The maximum Gasteiger partial charge on any atom is 0.229 e. The van der Waals surface area contributed by atoms with Gasteiger partial charge in [0.15, 0.2) is 0 Å².